The van der Waals surface area contributed by atoms with Gasteiger partial charge in [-0.15, -0.1) is 11.3 Å². The van der Waals surface area contributed by atoms with Gasteiger partial charge < -0.3 is 0 Å². The van der Waals surface area contributed by atoms with Crippen molar-refractivity contribution >= 4 is 33.1 Å². The second-order valence-electron chi connectivity index (χ2n) is 7.71. The Hall–Kier alpha value is -4.17. The van der Waals surface area contributed by atoms with E-state index < -0.39 is 0 Å². The minimum atomic E-state index is -0.319. The van der Waals surface area contributed by atoms with E-state index in [1.807, 2.05) is 41.8 Å². The molecule has 0 aliphatic rings. The smallest absolute Gasteiger partial charge is 0.272 e. The predicted octanol–water partition coefficient (Wildman–Crippen LogP) is 4.96. The number of halogens is 1. The maximum atomic E-state index is 13.5. The lowest BCUT2D eigenvalue weighted by Crippen LogP contribution is -2.32. The van der Waals surface area contributed by atoms with E-state index in [-0.39, 0.29) is 23.7 Å². The normalized spacial score (nSPS) is 11.0. The molecule has 1 N–H and O–H groups in total. The Balaban J connectivity index is 1.49. The van der Waals surface area contributed by atoms with Gasteiger partial charge >= 0.3 is 0 Å². The van der Waals surface area contributed by atoms with Crippen LogP contribution in [0, 0.1) is 5.82 Å². The van der Waals surface area contributed by atoms with Crippen LogP contribution < -0.4 is 10.5 Å². The Morgan fingerprint density at radius 2 is 1.65 bits per heavy atom. The van der Waals surface area contributed by atoms with Crippen LogP contribution in [0.1, 0.15) is 11.3 Å². The maximum Gasteiger partial charge on any atom is 0.272 e. The first-order valence-corrected chi connectivity index (χ1v) is 11.5. The van der Waals surface area contributed by atoms with E-state index in [1.54, 1.807) is 35.2 Å². The molecule has 168 valence electrons. The molecule has 0 bridgehead atoms. The van der Waals surface area contributed by atoms with Crippen LogP contribution in [0.3, 0.4) is 0 Å². The highest BCUT2D eigenvalue weighted by Gasteiger charge is 2.22. The van der Waals surface area contributed by atoms with Crippen LogP contribution in [-0.2, 0) is 17.8 Å². The van der Waals surface area contributed by atoms with E-state index in [0.717, 1.165) is 11.1 Å². The van der Waals surface area contributed by atoms with E-state index >= 15 is 0 Å². The Bertz CT molecular complexity index is 1510. The van der Waals surface area contributed by atoms with Crippen molar-refractivity contribution in [1.82, 2.24) is 15.2 Å². The van der Waals surface area contributed by atoms with Crippen LogP contribution >= 0.6 is 11.3 Å². The molecule has 2 heterocycles. The molecule has 0 saturated carbocycles. The Morgan fingerprint density at radius 1 is 0.941 bits per heavy atom. The number of hydrogen-bond donors (Lipinski definition) is 1. The van der Waals surface area contributed by atoms with Crippen LogP contribution in [-0.4, -0.2) is 21.1 Å². The number of nitrogens with zero attached hydrogens (tertiary/aromatic N) is 3. The fourth-order valence-corrected chi connectivity index (χ4v) is 4.57. The summed E-state index contributed by atoms with van der Waals surface area (Å²) in [7, 11) is 0. The number of carbonyl (C=O) groups excluding carboxylic acids is 1. The third-order valence-electron chi connectivity index (χ3n) is 5.44. The van der Waals surface area contributed by atoms with Gasteiger partial charge in [0, 0.05) is 16.3 Å². The van der Waals surface area contributed by atoms with E-state index in [1.165, 1.54) is 23.5 Å². The van der Waals surface area contributed by atoms with Gasteiger partial charge in [-0.2, -0.15) is 5.10 Å². The summed E-state index contributed by atoms with van der Waals surface area (Å²) in [6, 6.07) is 22.8. The minimum Gasteiger partial charge on any atom is -0.283 e. The molecule has 0 unspecified atom stereocenters. The lowest BCUT2D eigenvalue weighted by atomic mass is 10.1. The van der Waals surface area contributed by atoms with Gasteiger partial charge in [-0.25, -0.2) is 14.5 Å². The van der Waals surface area contributed by atoms with Crippen LogP contribution in [0.15, 0.2) is 89.0 Å². The van der Waals surface area contributed by atoms with Crippen LogP contribution in [0.4, 0.5) is 9.52 Å². The fourth-order valence-electron chi connectivity index (χ4n) is 3.71. The molecule has 5 aromatic rings. The average Bonchev–Trinajstić information content (AvgIpc) is 3.35. The molecular formula is C26H19FN4O2S. The van der Waals surface area contributed by atoms with Crippen molar-refractivity contribution in [1.29, 1.82) is 0 Å². The number of nitrogens with one attached hydrogen (secondary N) is 1. The Labute approximate surface area is 198 Å². The first-order valence-electron chi connectivity index (χ1n) is 10.6. The van der Waals surface area contributed by atoms with Crippen molar-refractivity contribution in [3.05, 3.63) is 112 Å². The van der Waals surface area contributed by atoms with Crippen LogP contribution in [0.2, 0.25) is 0 Å². The first-order chi connectivity index (χ1) is 16.6. The van der Waals surface area contributed by atoms with E-state index in [2.05, 4.69) is 15.2 Å². The number of H-pyrrole nitrogens is 1. The summed E-state index contributed by atoms with van der Waals surface area (Å²) in [4.78, 5) is 32.0. The van der Waals surface area contributed by atoms with Gasteiger partial charge in [0.25, 0.3) is 5.56 Å². The van der Waals surface area contributed by atoms with Crippen molar-refractivity contribution in [3.8, 4) is 11.3 Å². The van der Waals surface area contributed by atoms with Crippen molar-refractivity contribution in [3.63, 3.8) is 0 Å². The van der Waals surface area contributed by atoms with Gasteiger partial charge in [0.2, 0.25) is 5.91 Å². The molecule has 34 heavy (non-hydrogen) atoms. The highest BCUT2D eigenvalue weighted by atomic mass is 32.1. The number of amides is 1. The Morgan fingerprint density at radius 3 is 2.41 bits per heavy atom. The van der Waals surface area contributed by atoms with Crippen molar-refractivity contribution in [2.45, 2.75) is 13.0 Å². The van der Waals surface area contributed by atoms with Crippen LogP contribution in [0.25, 0.3) is 22.0 Å². The first kappa shape index (κ1) is 21.7. The van der Waals surface area contributed by atoms with Gasteiger partial charge in [0.1, 0.15) is 5.82 Å². The molecule has 3 aromatic carbocycles. The molecule has 6 nitrogen and oxygen atoms in total. The molecule has 0 fully saturated rings. The second-order valence-corrected chi connectivity index (χ2v) is 8.55. The number of benzene rings is 3. The molecule has 0 aliphatic heterocycles. The Kier molecular flexibility index (Phi) is 5.97. The summed E-state index contributed by atoms with van der Waals surface area (Å²) in [5, 5.41) is 10.2. The van der Waals surface area contributed by atoms with Crippen molar-refractivity contribution in [2.75, 3.05) is 4.90 Å². The van der Waals surface area contributed by atoms with Gasteiger partial charge in [0.15, 0.2) is 5.13 Å². The zero-order valence-electron chi connectivity index (χ0n) is 17.9. The lowest BCUT2D eigenvalue weighted by molar-refractivity contribution is -0.118. The van der Waals surface area contributed by atoms with Crippen LogP contribution in [0.5, 0.6) is 0 Å². The molecule has 0 radical (unpaired) electrons. The largest absolute Gasteiger partial charge is 0.283 e. The number of aromatic amines is 1. The third-order valence-corrected chi connectivity index (χ3v) is 6.30. The maximum absolute atomic E-state index is 13.5. The topological polar surface area (TPSA) is 79.0 Å². The summed E-state index contributed by atoms with van der Waals surface area (Å²) in [6.45, 7) is 0.331. The average molecular weight is 471 g/mol. The van der Waals surface area contributed by atoms with E-state index in [4.69, 9.17) is 0 Å². The number of aromatic nitrogens is 3. The quantitative estimate of drug-likeness (QED) is 0.380. The zero-order valence-corrected chi connectivity index (χ0v) is 18.8. The van der Waals surface area contributed by atoms with Gasteiger partial charge in [-0.3, -0.25) is 14.5 Å². The fraction of sp³-hybridized carbons (Fsp3) is 0.0769. The number of thiazole rings is 1. The molecule has 0 aliphatic carbocycles. The van der Waals surface area contributed by atoms with E-state index in [0.29, 0.717) is 33.8 Å². The lowest BCUT2D eigenvalue weighted by Gasteiger charge is -2.20. The summed E-state index contributed by atoms with van der Waals surface area (Å²) >= 11 is 1.34. The molecule has 1 amide bonds. The van der Waals surface area contributed by atoms with Crippen molar-refractivity contribution < 1.29 is 9.18 Å². The third kappa shape index (κ3) is 4.49. The number of anilines is 1. The van der Waals surface area contributed by atoms with Gasteiger partial charge in [-0.05, 0) is 35.9 Å². The molecule has 5 rings (SSSR count). The molecule has 8 heteroatoms. The van der Waals surface area contributed by atoms with Gasteiger partial charge in [-0.1, -0.05) is 48.5 Å². The predicted molar refractivity (Wildman–Crippen MR) is 131 cm³/mol. The summed E-state index contributed by atoms with van der Waals surface area (Å²) < 4.78 is 13.3. The molecule has 2 aromatic heterocycles. The highest BCUT2D eigenvalue weighted by Crippen LogP contribution is 2.29. The zero-order chi connectivity index (χ0) is 23.5. The summed E-state index contributed by atoms with van der Waals surface area (Å²) in [5.41, 5.74) is 2.59. The monoisotopic (exact) mass is 470 g/mol. The SMILES string of the molecule is O=C(Cc1n[nH]c(=O)c2ccccc12)N(Cc1ccccc1)c1nc(-c2ccc(F)cc2)cs1. The number of hydrogen-bond acceptors (Lipinski definition) is 5. The van der Waals surface area contributed by atoms with Crippen molar-refractivity contribution in [2.24, 2.45) is 0 Å². The molecule has 0 spiro atoms. The summed E-state index contributed by atoms with van der Waals surface area (Å²) in [5.74, 6) is -0.519. The number of rotatable bonds is 6. The van der Waals surface area contributed by atoms with Gasteiger partial charge in [0.05, 0.1) is 29.7 Å². The highest BCUT2D eigenvalue weighted by molar-refractivity contribution is 7.14. The standard InChI is InChI=1S/C26H19FN4O2S/c27-19-12-10-18(11-13-19)23-16-34-26(28-23)31(15-17-6-2-1-3-7-17)24(32)14-22-20-8-4-5-9-21(20)25(33)30-29-22/h1-13,16H,14-15H2,(H,30,33). The molecule has 0 atom stereocenters. The number of carbonyl (C=O) groups is 1. The summed E-state index contributed by atoms with van der Waals surface area (Å²) in [6.07, 6.45) is -0.00438. The molecule has 0 saturated heterocycles. The minimum absolute atomic E-state index is 0.00438. The second kappa shape index (κ2) is 9.36. The van der Waals surface area contributed by atoms with E-state index in [9.17, 15) is 14.0 Å². The number of fused-ring (bicyclic) bond motifs is 1. The molecular weight excluding hydrogens is 451 g/mol.